The first-order valence-electron chi connectivity index (χ1n) is 9.30. The van der Waals surface area contributed by atoms with Crippen molar-refractivity contribution < 1.29 is 9.53 Å². The second kappa shape index (κ2) is 9.94. The molecule has 0 unspecified atom stereocenters. The zero-order valence-corrected chi connectivity index (χ0v) is 16.9. The second-order valence-electron chi connectivity index (χ2n) is 6.31. The van der Waals surface area contributed by atoms with Gasteiger partial charge in [-0.15, -0.1) is 10.2 Å². The quantitative estimate of drug-likeness (QED) is 0.428. The highest BCUT2D eigenvalue weighted by atomic mass is 32.2. The smallest absolute Gasteiger partial charge is 0.270 e. The molecular formula is C21H24N4O2S. The minimum absolute atomic E-state index is 0.218. The van der Waals surface area contributed by atoms with Crippen molar-refractivity contribution in [2.24, 2.45) is 0 Å². The Morgan fingerprint density at radius 3 is 2.57 bits per heavy atom. The summed E-state index contributed by atoms with van der Waals surface area (Å²) in [6, 6.07) is 17.3. The van der Waals surface area contributed by atoms with Crippen LogP contribution in [0.5, 0.6) is 5.75 Å². The molecular weight excluding hydrogens is 372 g/mol. The molecule has 7 heteroatoms. The van der Waals surface area contributed by atoms with Crippen LogP contribution in [0.15, 0.2) is 59.8 Å². The minimum Gasteiger partial charge on any atom is -0.494 e. The Balaban J connectivity index is 1.63. The number of ether oxygens (including phenoxy) is 1. The number of hydrogen-bond acceptors (Lipinski definition) is 5. The molecule has 1 heterocycles. The lowest BCUT2D eigenvalue weighted by Crippen LogP contribution is -2.24. The molecule has 0 bridgehead atoms. The van der Waals surface area contributed by atoms with Crippen molar-refractivity contribution in [3.63, 3.8) is 0 Å². The van der Waals surface area contributed by atoms with Crippen LogP contribution in [0.1, 0.15) is 41.5 Å². The van der Waals surface area contributed by atoms with E-state index in [1.54, 1.807) is 16.8 Å². The van der Waals surface area contributed by atoms with Gasteiger partial charge in [-0.2, -0.15) is 0 Å². The molecule has 6 nitrogen and oxygen atoms in total. The maximum absolute atomic E-state index is 12.6. The van der Waals surface area contributed by atoms with Crippen molar-refractivity contribution >= 4 is 17.7 Å². The summed E-state index contributed by atoms with van der Waals surface area (Å²) in [6.07, 6.45) is 2.10. The van der Waals surface area contributed by atoms with Gasteiger partial charge in [0.2, 0.25) is 5.16 Å². The average Bonchev–Trinajstić information content (AvgIpc) is 3.07. The van der Waals surface area contributed by atoms with Crippen LogP contribution in [-0.4, -0.2) is 27.4 Å². The highest BCUT2D eigenvalue weighted by Crippen LogP contribution is 2.21. The number of nitrogens with one attached hydrogen (secondary N) is 1. The molecule has 1 amide bonds. The van der Waals surface area contributed by atoms with Crippen molar-refractivity contribution in [1.29, 1.82) is 0 Å². The van der Waals surface area contributed by atoms with Crippen LogP contribution in [0, 0.1) is 6.92 Å². The Bertz CT molecular complexity index is 895. The molecule has 0 fully saturated rings. The van der Waals surface area contributed by atoms with Crippen LogP contribution in [0.2, 0.25) is 0 Å². The van der Waals surface area contributed by atoms with Gasteiger partial charge in [-0.3, -0.25) is 10.2 Å². The molecule has 0 atom stereocenters. The highest BCUT2D eigenvalue weighted by molar-refractivity contribution is 7.98. The van der Waals surface area contributed by atoms with Gasteiger partial charge in [-0.1, -0.05) is 55.4 Å². The van der Waals surface area contributed by atoms with E-state index in [4.69, 9.17) is 4.74 Å². The number of aromatic nitrogens is 3. The Morgan fingerprint density at radius 2 is 1.86 bits per heavy atom. The third kappa shape index (κ3) is 5.36. The topological polar surface area (TPSA) is 69.0 Å². The van der Waals surface area contributed by atoms with Gasteiger partial charge in [-0.05, 0) is 43.2 Å². The van der Waals surface area contributed by atoms with Crippen molar-refractivity contribution in [1.82, 2.24) is 14.9 Å². The normalized spacial score (nSPS) is 10.6. The summed E-state index contributed by atoms with van der Waals surface area (Å²) in [5.41, 5.74) is 4.61. The molecule has 0 saturated heterocycles. The standard InChI is InChI=1S/C21H24N4O2S/c1-3-4-14-27-19-12-10-18(11-13-19)20(26)24-25-16(2)22-23-21(25)28-15-17-8-6-5-7-9-17/h5-13H,3-4,14-15H2,1-2H3,(H,24,26). The molecule has 1 N–H and O–H groups in total. The van der Waals surface area contributed by atoms with E-state index < -0.39 is 0 Å². The molecule has 0 aliphatic carbocycles. The lowest BCUT2D eigenvalue weighted by Gasteiger charge is -2.11. The monoisotopic (exact) mass is 396 g/mol. The van der Waals surface area contributed by atoms with Gasteiger partial charge in [0.1, 0.15) is 11.6 Å². The van der Waals surface area contributed by atoms with Crippen molar-refractivity contribution in [2.75, 3.05) is 12.0 Å². The number of carbonyl (C=O) groups excluding carboxylic acids is 1. The molecule has 2 aromatic carbocycles. The molecule has 0 radical (unpaired) electrons. The second-order valence-corrected chi connectivity index (χ2v) is 7.25. The first-order valence-corrected chi connectivity index (χ1v) is 10.3. The molecule has 0 aliphatic heterocycles. The average molecular weight is 397 g/mol. The third-order valence-electron chi connectivity index (χ3n) is 4.10. The van der Waals surface area contributed by atoms with E-state index in [1.807, 2.05) is 37.3 Å². The SMILES string of the molecule is CCCCOc1ccc(C(=O)Nn2c(C)nnc2SCc2ccccc2)cc1. The van der Waals surface area contributed by atoms with Crippen LogP contribution in [0.25, 0.3) is 0 Å². The lowest BCUT2D eigenvalue weighted by molar-refractivity contribution is 0.100. The van der Waals surface area contributed by atoms with Gasteiger partial charge >= 0.3 is 0 Å². The number of rotatable bonds is 9. The summed E-state index contributed by atoms with van der Waals surface area (Å²) in [7, 11) is 0. The van der Waals surface area contributed by atoms with E-state index in [0.29, 0.717) is 23.2 Å². The Morgan fingerprint density at radius 1 is 1.11 bits per heavy atom. The number of amides is 1. The summed E-state index contributed by atoms with van der Waals surface area (Å²) >= 11 is 1.53. The number of carbonyl (C=O) groups is 1. The largest absolute Gasteiger partial charge is 0.494 e. The van der Waals surface area contributed by atoms with Gasteiger partial charge < -0.3 is 4.74 Å². The van der Waals surface area contributed by atoms with Crippen molar-refractivity contribution in [3.05, 3.63) is 71.5 Å². The van der Waals surface area contributed by atoms with Crippen LogP contribution >= 0.6 is 11.8 Å². The van der Waals surface area contributed by atoms with Gasteiger partial charge in [0, 0.05) is 11.3 Å². The van der Waals surface area contributed by atoms with Gasteiger partial charge in [-0.25, -0.2) is 4.68 Å². The lowest BCUT2D eigenvalue weighted by atomic mass is 10.2. The van der Waals surface area contributed by atoms with Gasteiger partial charge in [0.25, 0.3) is 5.91 Å². The summed E-state index contributed by atoms with van der Waals surface area (Å²) in [6.45, 7) is 4.62. The summed E-state index contributed by atoms with van der Waals surface area (Å²) in [5, 5.41) is 8.91. The number of unbranched alkanes of at least 4 members (excludes halogenated alkanes) is 1. The van der Waals surface area contributed by atoms with E-state index in [-0.39, 0.29) is 5.91 Å². The molecule has 3 rings (SSSR count). The van der Waals surface area contributed by atoms with E-state index in [9.17, 15) is 4.79 Å². The van der Waals surface area contributed by atoms with Gasteiger partial charge in [0.05, 0.1) is 6.61 Å². The summed E-state index contributed by atoms with van der Waals surface area (Å²) in [5.74, 6) is 1.93. The number of aryl methyl sites for hydroxylation is 1. The number of benzene rings is 2. The maximum atomic E-state index is 12.6. The Kier molecular flexibility index (Phi) is 7.08. The zero-order valence-electron chi connectivity index (χ0n) is 16.1. The van der Waals surface area contributed by atoms with Crippen molar-refractivity contribution in [2.45, 2.75) is 37.6 Å². The summed E-state index contributed by atoms with van der Waals surface area (Å²) in [4.78, 5) is 12.6. The molecule has 146 valence electrons. The fraction of sp³-hybridized carbons (Fsp3) is 0.286. The van der Waals surface area contributed by atoms with Crippen LogP contribution in [-0.2, 0) is 5.75 Å². The summed E-state index contributed by atoms with van der Waals surface area (Å²) < 4.78 is 7.27. The Hall–Kier alpha value is -2.80. The third-order valence-corrected chi connectivity index (χ3v) is 5.10. The van der Waals surface area contributed by atoms with E-state index in [0.717, 1.165) is 24.3 Å². The number of thioether (sulfide) groups is 1. The molecule has 0 spiro atoms. The molecule has 1 aromatic heterocycles. The van der Waals surface area contributed by atoms with Crippen LogP contribution in [0.4, 0.5) is 0 Å². The minimum atomic E-state index is -0.218. The van der Waals surface area contributed by atoms with Crippen LogP contribution < -0.4 is 10.2 Å². The zero-order chi connectivity index (χ0) is 19.8. The molecule has 0 aliphatic rings. The number of hydrogen-bond donors (Lipinski definition) is 1. The van der Waals surface area contributed by atoms with E-state index in [2.05, 4.69) is 34.7 Å². The predicted molar refractivity (Wildman–Crippen MR) is 111 cm³/mol. The first kappa shape index (κ1) is 19.9. The number of nitrogens with zero attached hydrogens (tertiary/aromatic N) is 3. The predicted octanol–water partition coefficient (Wildman–Crippen LogP) is 4.44. The highest BCUT2D eigenvalue weighted by Gasteiger charge is 2.14. The molecule has 0 saturated carbocycles. The van der Waals surface area contributed by atoms with E-state index in [1.165, 1.54) is 17.3 Å². The van der Waals surface area contributed by atoms with Gasteiger partial charge in [0.15, 0.2) is 0 Å². The molecule has 28 heavy (non-hydrogen) atoms. The van der Waals surface area contributed by atoms with Crippen LogP contribution in [0.3, 0.4) is 0 Å². The fourth-order valence-electron chi connectivity index (χ4n) is 2.49. The molecule has 3 aromatic rings. The fourth-order valence-corrected chi connectivity index (χ4v) is 3.38. The van der Waals surface area contributed by atoms with E-state index >= 15 is 0 Å². The first-order chi connectivity index (χ1) is 13.7. The Labute approximate surface area is 169 Å². The maximum Gasteiger partial charge on any atom is 0.270 e. The van der Waals surface area contributed by atoms with Crippen molar-refractivity contribution in [3.8, 4) is 5.75 Å².